The number of hydrogen-bond donors (Lipinski definition) is 2. The number of carbonyl (C=O) groups excluding carboxylic acids is 1. The molecular weight excluding hydrogens is 454 g/mol. The number of nitrogens with two attached hydrogens (primary N) is 1. The maximum Gasteiger partial charge on any atom is 0.435 e. The SMILES string of the molecule is NC(=O)N1CCC(c2ccccc2)C1CNc1cc(C(F)(F)F)nc2cc(C(F)(F)F)nn12. The number of anilines is 1. The zero-order valence-corrected chi connectivity index (χ0v) is 16.9. The fraction of sp³-hybridized carbons (Fsp3) is 0.350. The van der Waals surface area contributed by atoms with E-state index in [9.17, 15) is 31.1 Å². The molecule has 4 rings (SSSR count). The third-order valence-corrected chi connectivity index (χ3v) is 5.56. The van der Waals surface area contributed by atoms with E-state index in [1.165, 1.54) is 4.90 Å². The molecule has 0 radical (unpaired) electrons. The number of primary amides is 1. The van der Waals surface area contributed by atoms with Gasteiger partial charge in [0, 0.05) is 31.1 Å². The maximum absolute atomic E-state index is 13.3. The molecule has 1 aliphatic heterocycles. The lowest BCUT2D eigenvalue weighted by molar-refractivity contribution is -0.142. The van der Waals surface area contributed by atoms with E-state index in [2.05, 4.69) is 15.4 Å². The number of carbonyl (C=O) groups is 1. The number of fused-ring (bicyclic) bond motifs is 1. The van der Waals surface area contributed by atoms with Crippen molar-refractivity contribution in [2.45, 2.75) is 30.7 Å². The van der Waals surface area contributed by atoms with E-state index in [0.29, 0.717) is 29.6 Å². The van der Waals surface area contributed by atoms with Gasteiger partial charge in [0.1, 0.15) is 5.82 Å². The average Bonchev–Trinajstić information content (AvgIpc) is 3.36. The molecular formula is C20H18F6N6O. The van der Waals surface area contributed by atoms with E-state index in [4.69, 9.17) is 5.73 Å². The first-order valence-electron chi connectivity index (χ1n) is 9.85. The molecule has 2 atom stereocenters. The van der Waals surface area contributed by atoms with Gasteiger partial charge in [-0.15, -0.1) is 0 Å². The van der Waals surface area contributed by atoms with E-state index >= 15 is 0 Å². The van der Waals surface area contributed by atoms with Crippen LogP contribution in [0.4, 0.5) is 37.0 Å². The van der Waals surface area contributed by atoms with Crippen molar-refractivity contribution in [3.05, 3.63) is 59.4 Å². The number of nitrogens with one attached hydrogen (secondary N) is 1. The summed E-state index contributed by atoms with van der Waals surface area (Å²) in [5, 5.41) is 6.11. The maximum atomic E-state index is 13.3. The van der Waals surface area contributed by atoms with E-state index in [1.807, 2.05) is 30.3 Å². The highest BCUT2D eigenvalue weighted by Gasteiger charge is 2.39. The summed E-state index contributed by atoms with van der Waals surface area (Å²) < 4.78 is 79.9. The molecule has 3 N–H and O–H groups in total. The minimum absolute atomic E-state index is 0.0693. The number of urea groups is 1. The molecule has 1 aromatic carbocycles. The summed E-state index contributed by atoms with van der Waals surface area (Å²) in [6.07, 6.45) is -9.19. The molecule has 0 saturated carbocycles. The van der Waals surface area contributed by atoms with Crippen LogP contribution in [0.25, 0.3) is 5.65 Å². The van der Waals surface area contributed by atoms with Crippen LogP contribution in [-0.4, -0.2) is 44.7 Å². The zero-order valence-electron chi connectivity index (χ0n) is 16.9. The third kappa shape index (κ3) is 4.52. The zero-order chi connectivity index (χ0) is 24.0. The normalized spacial score (nSPS) is 19.3. The first-order valence-corrected chi connectivity index (χ1v) is 9.85. The van der Waals surface area contributed by atoms with Gasteiger partial charge >= 0.3 is 18.4 Å². The summed E-state index contributed by atoms with van der Waals surface area (Å²) in [7, 11) is 0. The molecule has 176 valence electrons. The van der Waals surface area contributed by atoms with Crippen LogP contribution in [0.15, 0.2) is 42.5 Å². The van der Waals surface area contributed by atoms with Crippen LogP contribution in [0.3, 0.4) is 0 Å². The Morgan fingerprint density at radius 2 is 1.73 bits per heavy atom. The van der Waals surface area contributed by atoms with Gasteiger partial charge in [-0.3, -0.25) is 0 Å². The third-order valence-electron chi connectivity index (χ3n) is 5.56. The molecule has 7 nitrogen and oxygen atoms in total. The first kappa shape index (κ1) is 22.7. The molecule has 3 heterocycles. The predicted octanol–water partition coefficient (Wildman–Crippen LogP) is 4.12. The van der Waals surface area contributed by atoms with Crippen LogP contribution in [0.2, 0.25) is 0 Å². The minimum Gasteiger partial charge on any atom is -0.368 e. The predicted molar refractivity (Wildman–Crippen MR) is 105 cm³/mol. The molecule has 2 unspecified atom stereocenters. The van der Waals surface area contributed by atoms with Crippen molar-refractivity contribution < 1.29 is 31.1 Å². The second-order valence-electron chi connectivity index (χ2n) is 7.61. The lowest BCUT2D eigenvalue weighted by Gasteiger charge is -2.28. The number of amides is 2. The van der Waals surface area contributed by atoms with Crippen LogP contribution in [0.1, 0.15) is 29.3 Å². The van der Waals surface area contributed by atoms with Gasteiger partial charge in [0.25, 0.3) is 0 Å². The van der Waals surface area contributed by atoms with Crippen LogP contribution >= 0.6 is 0 Å². The Morgan fingerprint density at radius 3 is 2.33 bits per heavy atom. The number of halogens is 6. The Labute approximate surface area is 183 Å². The van der Waals surface area contributed by atoms with Gasteiger partial charge in [-0.1, -0.05) is 30.3 Å². The number of rotatable bonds is 4. The number of alkyl halides is 6. The van der Waals surface area contributed by atoms with E-state index in [1.54, 1.807) is 0 Å². The van der Waals surface area contributed by atoms with Gasteiger partial charge in [0.05, 0.1) is 6.04 Å². The van der Waals surface area contributed by atoms with Crippen molar-refractivity contribution in [1.29, 1.82) is 0 Å². The first-order chi connectivity index (χ1) is 15.4. The topological polar surface area (TPSA) is 88.5 Å². The fourth-order valence-corrected chi connectivity index (χ4v) is 4.06. The molecule has 2 aromatic heterocycles. The fourth-order valence-electron chi connectivity index (χ4n) is 4.06. The van der Waals surface area contributed by atoms with Gasteiger partial charge in [-0.2, -0.15) is 36.0 Å². The molecule has 0 bridgehead atoms. The molecule has 1 saturated heterocycles. The highest BCUT2D eigenvalue weighted by molar-refractivity contribution is 5.73. The molecule has 3 aromatic rings. The second kappa shape index (κ2) is 8.12. The molecule has 1 fully saturated rings. The van der Waals surface area contributed by atoms with Crippen molar-refractivity contribution in [1.82, 2.24) is 19.5 Å². The Hall–Kier alpha value is -3.51. The average molecular weight is 472 g/mol. The summed E-state index contributed by atoms with van der Waals surface area (Å²) in [4.78, 5) is 16.6. The van der Waals surface area contributed by atoms with Crippen molar-refractivity contribution in [3.8, 4) is 0 Å². The minimum atomic E-state index is -4.89. The van der Waals surface area contributed by atoms with Gasteiger partial charge in [0.2, 0.25) is 0 Å². The summed E-state index contributed by atoms with van der Waals surface area (Å²) in [6.45, 7) is 0.265. The Kier molecular flexibility index (Phi) is 5.58. The van der Waals surface area contributed by atoms with Crippen LogP contribution < -0.4 is 11.1 Å². The van der Waals surface area contributed by atoms with Gasteiger partial charge in [0.15, 0.2) is 17.0 Å². The second-order valence-corrected chi connectivity index (χ2v) is 7.61. The summed E-state index contributed by atoms with van der Waals surface area (Å²) in [5.74, 6) is -0.514. The number of benzene rings is 1. The number of hydrogen-bond acceptors (Lipinski definition) is 4. The molecule has 1 aliphatic rings. The molecule has 0 aliphatic carbocycles. The van der Waals surface area contributed by atoms with Crippen molar-refractivity contribution in [2.75, 3.05) is 18.4 Å². The van der Waals surface area contributed by atoms with Crippen molar-refractivity contribution >= 4 is 17.5 Å². The highest BCUT2D eigenvalue weighted by Crippen LogP contribution is 2.35. The van der Waals surface area contributed by atoms with E-state index < -0.39 is 41.5 Å². The van der Waals surface area contributed by atoms with E-state index in [-0.39, 0.29) is 18.3 Å². The summed E-state index contributed by atoms with van der Waals surface area (Å²) in [5.41, 5.74) is 3.02. The number of aromatic nitrogens is 3. The standard InChI is InChI=1S/C20H18F6N6O/c21-19(22,23)14-8-16(32-17(29-14)9-15(30-32)20(24,25)26)28-10-13-12(6-7-31(13)18(27)33)11-4-2-1-3-5-11/h1-5,8-9,12-13,28H,6-7,10H2,(H2,27,33). The monoisotopic (exact) mass is 472 g/mol. The summed E-state index contributed by atoms with van der Waals surface area (Å²) >= 11 is 0. The Balaban J connectivity index is 1.70. The largest absolute Gasteiger partial charge is 0.435 e. The molecule has 0 spiro atoms. The smallest absolute Gasteiger partial charge is 0.368 e. The van der Waals surface area contributed by atoms with Gasteiger partial charge in [-0.05, 0) is 12.0 Å². The number of nitrogens with zero attached hydrogens (tertiary/aromatic N) is 4. The lowest BCUT2D eigenvalue weighted by atomic mass is 9.91. The van der Waals surface area contributed by atoms with Crippen LogP contribution in [0, 0.1) is 0 Å². The molecule has 13 heteroatoms. The molecule has 33 heavy (non-hydrogen) atoms. The van der Waals surface area contributed by atoms with Crippen LogP contribution in [-0.2, 0) is 12.4 Å². The Morgan fingerprint density at radius 1 is 1.06 bits per heavy atom. The lowest BCUT2D eigenvalue weighted by Crippen LogP contribution is -2.44. The quantitative estimate of drug-likeness (QED) is 0.560. The van der Waals surface area contributed by atoms with Gasteiger partial charge < -0.3 is 16.0 Å². The Bertz CT molecular complexity index is 1160. The van der Waals surface area contributed by atoms with Crippen molar-refractivity contribution in [3.63, 3.8) is 0 Å². The van der Waals surface area contributed by atoms with Crippen molar-refractivity contribution in [2.24, 2.45) is 5.73 Å². The highest BCUT2D eigenvalue weighted by atomic mass is 19.4. The van der Waals surface area contributed by atoms with Crippen LogP contribution in [0.5, 0.6) is 0 Å². The summed E-state index contributed by atoms with van der Waals surface area (Å²) in [6, 6.07) is 8.96. The van der Waals surface area contributed by atoms with E-state index in [0.717, 1.165) is 5.56 Å². The number of likely N-dealkylation sites (tertiary alicyclic amines) is 1. The van der Waals surface area contributed by atoms with Gasteiger partial charge in [-0.25, -0.2) is 9.78 Å². The molecule has 2 amide bonds.